The zero-order valence-electron chi connectivity index (χ0n) is 16.2. The quantitative estimate of drug-likeness (QED) is 0.665. The number of fused-ring (bicyclic) bond motifs is 4. The largest absolute Gasteiger partial charge is 0.417 e. The second-order valence-corrected chi connectivity index (χ2v) is 7.43. The lowest BCUT2D eigenvalue weighted by molar-refractivity contribution is -0.137. The SMILES string of the molecule is O=C(Nc1cccnc1)N1c2nc(-c3cncc(C(F)(F)F)c3)ccc2N2CC[C@H]1C2. The number of carbonyl (C=O) groups excluding carboxylic acids is 1. The van der Waals surface area contributed by atoms with E-state index in [0.717, 1.165) is 30.9 Å². The predicted octanol–water partition coefficient (Wildman–Crippen LogP) is 4.19. The van der Waals surface area contributed by atoms with Gasteiger partial charge in [0.25, 0.3) is 0 Å². The molecule has 1 atom stereocenters. The first kappa shape index (κ1) is 19.3. The highest BCUT2D eigenvalue weighted by Crippen LogP contribution is 2.40. The van der Waals surface area contributed by atoms with E-state index in [0.29, 0.717) is 23.7 Å². The van der Waals surface area contributed by atoms with Crippen LogP contribution in [0, 0.1) is 0 Å². The minimum atomic E-state index is -4.50. The van der Waals surface area contributed by atoms with Crippen LogP contribution in [0.15, 0.2) is 55.1 Å². The molecule has 158 valence electrons. The molecule has 3 aromatic heterocycles. The molecule has 2 aliphatic heterocycles. The molecule has 0 saturated carbocycles. The highest BCUT2D eigenvalue weighted by atomic mass is 19.4. The molecule has 0 aromatic carbocycles. The zero-order chi connectivity index (χ0) is 21.6. The van der Waals surface area contributed by atoms with Gasteiger partial charge in [-0.1, -0.05) is 0 Å². The molecule has 7 nitrogen and oxygen atoms in total. The van der Waals surface area contributed by atoms with E-state index in [2.05, 4.69) is 25.2 Å². The lowest BCUT2D eigenvalue weighted by atomic mass is 10.1. The van der Waals surface area contributed by atoms with Crippen LogP contribution in [0.2, 0.25) is 0 Å². The number of alkyl halides is 3. The average molecular weight is 426 g/mol. The fraction of sp³-hybridized carbons (Fsp3) is 0.238. The lowest BCUT2D eigenvalue weighted by Gasteiger charge is -2.35. The summed E-state index contributed by atoms with van der Waals surface area (Å²) in [6.45, 7) is 1.46. The number of rotatable bonds is 2. The second-order valence-electron chi connectivity index (χ2n) is 7.43. The standard InChI is InChI=1S/C21H17F3N6O/c22-21(23,24)14-8-13(9-26-10-14)17-3-4-18-19(28-17)30(16-5-7-29(18)12-16)20(31)27-15-2-1-6-25-11-15/h1-4,6,8-11,16H,5,7,12H2,(H,27,31)/t16-/m0/s1. The Morgan fingerprint density at radius 2 is 2.00 bits per heavy atom. The van der Waals surface area contributed by atoms with Gasteiger partial charge in [0.15, 0.2) is 5.82 Å². The van der Waals surface area contributed by atoms with Gasteiger partial charge in [-0.3, -0.25) is 14.9 Å². The maximum atomic E-state index is 13.1. The van der Waals surface area contributed by atoms with Crippen LogP contribution in [0.5, 0.6) is 0 Å². The van der Waals surface area contributed by atoms with E-state index < -0.39 is 11.7 Å². The summed E-state index contributed by atoms with van der Waals surface area (Å²) < 4.78 is 39.3. The highest BCUT2D eigenvalue weighted by molar-refractivity contribution is 6.04. The molecule has 10 heteroatoms. The smallest absolute Gasteiger partial charge is 0.366 e. The molecule has 0 spiro atoms. The number of amides is 2. The topological polar surface area (TPSA) is 74.2 Å². The number of halogens is 3. The van der Waals surface area contributed by atoms with Crippen LogP contribution in [0.1, 0.15) is 12.0 Å². The van der Waals surface area contributed by atoms with Crippen molar-refractivity contribution in [3.63, 3.8) is 0 Å². The maximum absolute atomic E-state index is 13.1. The van der Waals surface area contributed by atoms with Gasteiger partial charge in [0.2, 0.25) is 0 Å². The molecule has 2 aliphatic rings. The van der Waals surface area contributed by atoms with Gasteiger partial charge in [0, 0.05) is 37.2 Å². The molecule has 31 heavy (non-hydrogen) atoms. The number of nitrogens with zero attached hydrogens (tertiary/aromatic N) is 5. The van der Waals surface area contributed by atoms with Crippen molar-refractivity contribution in [2.45, 2.75) is 18.6 Å². The van der Waals surface area contributed by atoms with Gasteiger partial charge in [0.1, 0.15) is 0 Å². The fourth-order valence-corrected chi connectivity index (χ4v) is 3.99. The van der Waals surface area contributed by atoms with Crippen LogP contribution in [-0.2, 0) is 6.18 Å². The Hall–Kier alpha value is -3.69. The molecule has 5 rings (SSSR count). The van der Waals surface area contributed by atoms with Crippen molar-refractivity contribution >= 4 is 23.2 Å². The number of anilines is 3. The molecule has 0 aliphatic carbocycles. The summed E-state index contributed by atoms with van der Waals surface area (Å²) in [5, 5.41) is 2.83. The second kappa shape index (κ2) is 7.22. The van der Waals surface area contributed by atoms with E-state index in [1.807, 2.05) is 0 Å². The van der Waals surface area contributed by atoms with Crippen molar-refractivity contribution in [1.29, 1.82) is 0 Å². The van der Waals surface area contributed by atoms with Gasteiger partial charge >= 0.3 is 12.2 Å². The molecular formula is C21H17F3N6O. The minimum Gasteiger partial charge on any atom is -0.366 e. The molecule has 1 N–H and O–H groups in total. The van der Waals surface area contributed by atoms with Gasteiger partial charge in [-0.15, -0.1) is 0 Å². The van der Waals surface area contributed by atoms with E-state index >= 15 is 0 Å². The summed E-state index contributed by atoms with van der Waals surface area (Å²) in [5.41, 5.74) is 1.03. The van der Waals surface area contributed by atoms with Crippen molar-refractivity contribution in [3.8, 4) is 11.3 Å². The van der Waals surface area contributed by atoms with Crippen molar-refractivity contribution < 1.29 is 18.0 Å². The first-order chi connectivity index (χ1) is 14.9. The Balaban J connectivity index is 1.54. The maximum Gasteiger partial charge on any atom is 0.417 e. The molecule has 3 aromatic rings. The Kier molecular flexibility index (Phi) is 4.49. The predicted molar refractivity (Wildman–Crippen MR) is 109 cm³/mol. The average Bonchev–Trinajstić information content (AvgIpc) is 3.18. The van der Waals surface area contributed by atoms with Gasteiger partial charge in [-0.25, -0.2) is 9.78 Å². The molecule has 0 radical (unpaired) electrons. The number of aromatic nitrogens is 3. The van der Waals surface area contributed by atoms with Crippen LogP contribution in [0.4, 0.5) is 35.2 Å². The van der Waals surface area contributed by atoms with E-state index in [1.54, 1.807) is 41.6 Å². The summed E-state index contributed by atoms with van der Waals surface area (Å²) in [6.07, 6.45) is 1.54. The Labute approximate surface area is 175 Å². The number of hydrogen-bond acceptors (Lipinski definition) is 5. The molecule has 2 bridgehead atoms. The summed E-state index contributed by atoms with van der Waals surface area (Å²) in [5.74, 6) is 0.421. The lowest BCUT2D eigenvalue weighted by Crippen LogP contribution is -2.48. The Morgan fingerprint density at radius 3 is 2.77 bits per heavy atom. The number of nitrogens with one attached hydrogen (secondary N) is 1. The molecular weight excluding hydrogens is 409 g/mol. The number of urea groups is 1. The van der Waals surface area contributed by atoms with Crippen LogP contribution >= 0.6 is 0 Å². The van der Waals surface area contributed by atoms with E-state index in [-0.39, 0.29) is 17.6 Å². The third-order valence-corrected chi connectivity index (χ3v) is 5.44. The molecule has 2 amide bonds. The van der Waals surface area contributed by atoms with Crippen molar-refractivity contribution in [1.82, 2.24) is 15.0 Å². The monoisotopic (exact) mass is 426 g/mol. The Morgan fingerprint density at radius 1 is 1.13 bits per heavy atom. The van der Waals surface area contributed by atoms with Gasteiger partial charge in [-0.05, 0) is 36.8 Å². The Bertz CT molecular complexity index is 1140. The van der Waals surface area contributed by atoms with Gasteiger partial charge in [-0.2, -0.15) is 13.2 Å². The minimum absolute atomic E-state index is 0.0773. The van der Waals surface area contributed by atoms with Crippen LogP contribution in [-0.4, -0.2) is 40.1 Å². The third kappa shape index (κ3) is 3.54. The van der Waals surface area contributed by atoms with Crippen molar-refractivity contribution in [2.75, 3.05) is 28.2 Å². The van der Waals surface area contributed by atoms with E-state index in [4.69, 9.17) is 0 Å². The number of carbonyl (C=O) groups is 1. The van der Waals surface area contributed by atoms with Crippen LogP contribution in [0.25, 0.3) is 11.3 Å². The summed E-state index contributed by atoms with van der Waals surface area (Å²) in [4.78, 5) is 29.2. The molecule has 1 saturated heterocycles. The fourth-order valence-electron chi connectivity index (χ4n) is 3.99. The first-order valence-electron chi connectivity index (χ1n) is 9.69. The van der Waals surface area contributed by atoms with Crippen molar-refractivity contribution in [2.24, 2.45) is 0 Å². The molecule has 5 heterocycles. The summed E-state index contributed by atoms with van der Waals surface area (Å²) in [6, 6.07) is 7.48. The van der Waals surface area contributed by atoms with Crippen LogP contribution < -0.4 is 15.1 Å². The van der Waals surface area contributed by atoms with E-state index in [1.165, 1.54) is 6.20 Å². The molecule has 0 unspecified atom stereocenters. The zero-order valence-corrected chi connectivity index (χ0v) is 16.2. The summed E-state index contributed by atoms with van der Waals surface area (Å²) >= 11 is 0. The van der Waals surface area contributed by atoms with Crippen LogP contribution in [0.3, 0.4) is 0 Å². The number of pyridine rings is 3. The summed E-state index contributed by atoms with van der Waals surface area (Å²) in [7, 11) is 0. The van der Waals surface area contributed by atoms with Gasteiger partial charge in [0.05, 0.1) is 34.9 Å². The number of hydrogen-bond donors (Lipinski definition) is 1. The molecule has 1 fully saturated rings. The van der Waals surface area contributed by atoms with E-state index in [9.17, 15) is 18.0 Å². The highest BCUT2D eigenvalue weighted by Gasteiger charge is 2.40. The third-order valence-electron chi connectivity index (χ3n) is 5.44. The van der Waals surface area contributed by atoms with Crippen molar-refractivity contribution in [3.05, 3.63) is 60.7 Å². The normalized spacial score (nSPS) is 17.5. The van der Waals surface area contributed by atoms with Gasteiger partial charge < -0.3 is 10.2 Å². The first-order valence-corrected chi connectivity index (χ1v) is 9.69.